The van der Waals surface area contributed by atoms with E-state index in [9.17, 15) is 0 Å². The Labute approximate surface area is 134 Å². The molecular formula is C20H26N2. The van der Waals surface area contributed by atoms with Crippen LogP contribution >= 0.6 is 0 Å². The number of piperidine rings is 1. The second kappa shape index (κ2) is 7.57. The summed E-state index contributed by atoms with van der Waals surface area (Å²) in [5.74, 6) is 0. The number of nitrogens with one attached hydrogen (secondary N) is 1. The van der Waals surface area contributed by atoms with Gasteiger partial charge < -0.3 is 5.32 Å². The number of likely N-dealkylation sites (tertiary alicyclic amines) is 1. The maximum Gasteiger partial charge on any atom is 0.0294 e. The van der Waals surface area contributed by atoms with Crippen LogP contribution < -0.4 is 5.32 Å². The minimum atomic E-state index is 0.419. The van der Waals surface area contributed by atoms with Crippen LogP contribution in [0.1, 0.15) is 36.9 Å². The first-order valence-corrected chi connectivity index (χ1v) is 8.38. The molecule has 2 nitrogen and oxygen atoms in total. The lowest BCUT2D eigenvalue weighted by Crippen LogP contribution is -2.46. The smallest absolute Gasteiger partial charge is 0.0294 e. The molecule has 0 amide bonds. The third-order valence-electron chi connectivity index (χ3n) is 4.54. The van der Waals surface area contributed by atoms with E-state index in [0.717, 1.165) is 13.1 Å². The van der Waals surface area contributed by atoms with Crippen molar-refractivity contribution < 1.29 is 0 Å². The summed E-state index contributed by atoms with van der Waals surface area (Å²) in [6.07, 6.45) is 2.56. The van der Waals surface area contributed by atoms with E-state index in [1.807, 2.05) is 0 Å². The molecule has 0 aliphatic carbocycles. The fourth-order valence-corrected chi connectivity index (χ4v) is 3.37. The summed E-state index contributed by atoms with van der Waals surface area (Å²) in [5, 5.41) is 3.81. The summed E-state index contributed by atoms with van der Waals surface area (Å²) in [6, 6.07) is 22.6. The summed E-state index contributed by atoms with van der Waals surface area (Å²) in [5.41, 5.74) is 2.79. The van der Waals surface area contributed by atoms with E-state index in [1.54, 1.807) is 0 Å². The zero-order chi connectivity index (χ0) is 15.2. The third-order valence-corrected chi connectivity index (χ3v) is 4.54. The summed E-state index contributed by atoms with van der Waals surface area (Å²) < 4.78 is 0. The van der Waals surface area contributed by atoms with Crippen molar-refractivity contribution in [2.24, 2.45) is 0 Å². The number of nitrogens with zero attached hydrogens (tertiary/aromatic N) is 1. The Morgan fingerprint density at radius 1 is 1.05 bits per heavy atom. The molecule has 1 unspecified atom stereocenters. The maximum absolute atomic E-state index is 3.81. The maximum atomic E-state index is 3.81. The highest BCUT2D eigenvalue weighted by Gasteiger charge is 2.21. The summed E-state index contributed by atoms with van der Waals surface area (Å²) in [4.78, 5) is 2.58. The third kappa shape index (κ3) is 4.19. The molecule has 0 bridgehead atoms. The first kappa shape index (κ1) is 15.3. The van der Waals surface area contributed by atoms with Crippen molar-refractivity contribution in [3.63, 3.8) is 0 Å². The molecule has 0 saturated carbocycles. The monoisotopic (exact) mass is 294 g/mol. The molecule has 0 aromatic heterocycles. The van der Waals surface area contributed by atoms with Crippen LogP contribution in [0.3, 0.4) is 0 Å². The van der Waals surface area contributed by atoms with Gasteiger partial charge in [-0.3, -0.25) is 4.90 Å². The lowest BCUT2D eigenvalue weighted by atomic mass is 10.0. The van der Waals surface area contributed by atoms with Crippen LogP contribution in [-0.4, -0.2) is 24.0 Å². The predicted octanol–water partition coefficient (Wildman–Crippen LogP) is 4.00. The van der Waals surface area contributed by atoms with Gasteiger partial charge in [0, 0.05) is 25.2 Å². The Balaban J connectivity index is 1.54. The van der Waals surface area contributed by atoms with Gasteiger partial charge in [0.1, 0.15) is 0 Å². The first-order valence-electron chi connectivity index (χ1n) is 8.38. The molecule has 2 aromatic carbocycles. The van der Waals surface area contributed by atoms with E-state index < -0.39 is 0 Å². The second-order valence-corrected chi connectivity index (χ2v) is 6.36. The molecule has 22 heavy (non-hydrogen) atoms. The molecule has 2 heteroatoms. The standard InChI is InChI=1S/C20H26N2/c1-17(19-11-6-3-7-12-19)21-20-13-8-14-22(16-20)15-18-9-4-2-5-10-18/h2-7,9-12,17,20-21H,8,13-16H2,1H3/t17?,20-/m1/s1. The molecule has 1 heterocycles. The normalized spacial score (nSPS) is 20.7. The van der Waals surface area contributed by atoms with Crippen molar-refractivity contribution >= 4 is 0 Å². The predicted molar refractivity (Wildman–Crippen MR) is 92.7 cm³/mol. The van der Waals surface area contributed by atoms with Crippen LogP contribution in [-0.2, 0) is 6.54 Å². The molecule has 116 valence electrons. The SMILES string of the molecule is CC(N[C@@H]1CCCN(Cc2ccccc2)C1)c1ccccc1. The van der Waals surface area contributed by atoms with Crippen molar-refractivity contribution in [1.29, 1.82) is 0 Å². The van der Waals surface area contributed by atoms with Gasteiger partial charge in [-0.25, -0.2) is 0 Å². The Kier molecular flexibility index (Phi) is 5.25. The summed E-state index contributed by atoms with van der Waals surface area (Å²) in [7, 11) is 0. The number of benzene rings is 2. The highest BCUT2D eigenvalue weighted by Crippen LogP contribution is 2.18. The second-order valence-electron chi connectivity index (χ2n) is 6.36. The molecule has 1 N–H and O–H groups in total. The highest BCUT2D eigenvalue weighted by molar-refractivity contribution is 5.18. The molecule has 2 atom stereocenters. The van der Waals surface area contributed by atoms with Gasteiger partial charge in [-0.15, -0.1) is 0 Å². The topological polar surface area (TPSA) is 15.3 Å². The van der Waals surface area contributed by atoms with Gasteiger partial charge in [-0.1, -0.05) is 60.7 Å². The van der Waals surface area contributed by atoms with Gasteiger partial charge >= 0.3 is 0 Å². The average Bonchev–Trinajstić information content (AvgIpc) is 2.57. The molecule has 1 aliphatic heterocycles. The minimum Gasteiger partial charge on any atom is -0.306 e. The van der Waals surface area contributed by atoms with Crippen LogP contribution in [0, 0.1) is 0 Å². The van der Waals surface area contributed by atoms with Crippen LogP contribution in [0.5, 0.6) is 0 Å². The van der Waals surface area contributed by atoms with Gasteiger partial charge in [0.25, 0.3) is 0 Å². The van der Waals surface area contributed by atoms with Crippen molar-refractivity contribution in [2.45, 2.75) is 38.4 Å². The van der Waals surface area contributed by atoms with Crippen molar-refractivity contribution in [2.75, 3.05) is 13.1 Å². The Hall–Kier alpha value is -1.64. The highest BCUT2D eigenvalue weighted by atomic mass is 15.2. The van der Waals surface area contributed by atoms with Crippen LogP contribution in [0.2, 0.25) is 0 Å². The molecule has 2 aromatic rings. The Morgan fingerprint density at radius 2 is 1.73 bits per heavy atom. The van der Waals surface area contributed by atoms with Gasteiger partial charge in [-0.2, -0.15) is 0 Å². The lowest BCUT2D eigenvalue weighted by Gasteiger charge is -2.35. The fraction of sp³-hybridized carbons (Fsp3) is 0.400. The van der Waals surface area contributed by atoms with Crippen molar-refractivity contribution in [3.8, 4) is 0 Å². The Morgan fingerprint density at radius 3 is 2.45 bits per heavy atom. The Bertz CT molecular complexity index is 552. The lowest BCUT2D eigenvalue weighted by molar-refractivity contribution is 0.177. The van der Waals surface area contributed by atoms with E-state index in [-0.39, 0.29) is 0 Å². The van der Waals surface area contributed by atoms with E-state index in [4.69, 9.17) is 0 Å². The number of rotatable bonds is 5. The molecule has 0 spiro atoms. The quantitative estimate of drug-likeness (QED) is 0.896. The molecule has 1 fully saturated rings. The summed E-state index contributed by atoms with van der Waals surface area (Å²) >= 11 is 0. The largest absolute Gasteiger partial charge is 0.306 e. The molecular weight excluding hydrogens is 268 g/mol. The van der Waals surface area contributed by atoms with Gasteiger partial charge in [0.15, 0.2) is 0 Å². The molecule has 3 rings (SSSR count). The fourth-order valence-electron chi connectivity index (χ4n) is 3.37. The zero-order valence-corrected chi connectivity index (χ0v) is 13.4. The number of hydrogen-bond acceptors (Lipinski definition) is 2. The van der Waals surface area contributed by atoms with E-state index in [0.29, 0.717) is 12.1 Å². The van der Waals surface area contributed by atoms with Gasteiger partial charge in [-0.05, 0) is 37.4 Å². The molecule has 0 radical (unpaired) electrons. The van der Waals surface area contributed by atoms with E-state index in [2.05, 4.69) is 77.8 Å². The average molecular weight is 294 g/mol. The van der Waals surface area contributed by atoms with E-state index in [1.165, 1.54) is 30.5 Å². The van der Waals surface area contributed by atoms with Crippen LogP contribution in [0.25, 0.3) is 0 Å². The van der Waals surface area contributed by atoms with E-state index >= 15 is 0 Å². The molecule has 1 saturated heterocycles. The van der Waals surface area contributed by atoms with Crippen LogP contribution in [0.15, 0.2) is 60.7 Å². The van der Waals surface area contributed by atoms with Gasteiger partial charge in [0.05, 0.1) is 0 Å². The molecule has 1 aliphatic rings. The minimum absolute atomic E-state index is 0.419. The summed E-state index contributed by atoms with van der Waals surface area (Å²) in [6.45, 7) is 5.70. The van der Waals surface area contributed by atoms with Crippen molar-refractivity contribution in [1.82, 2.24) is 10.2 Å². The number of hydrogen-bond donors (Lipinski definition) is 1. The van der Waals surface area contributed by atoms with Crippen LogP contribution in [0.4, 0.5) is 0 Å². The van der Waals surface area contributed by atoms with Gasteiger partial charge in [0.2, 0.25) is 0 Å². The zero-order valence-electron chi connectivity index (χ0n) is 13.4. The van der Waals surface area contributed by atoms with Crippen molar-refractivity contribution in [3.05, 3.63) is 71.8 Å². The first-order chi connectivity index (χ1) is 10.8.